The van der Waals surface area contributed by atoms with Gasteiger partial charge in [0.15, 0.2) is 6.10 Å². The normalized spacial score (nSPS) is 37.3. The molecule has 1 spiro atoms. The van der Waals surface area contributed by atoms with Gasteiger partial charge in [-0.3, -0.25) is 9.59 Å². The number of esters is 2. The smallest absolute Gasteiger partial charge is 0.306 e. The van der Waals surface area contributed by atoms with Crippen LogP contribution in [0.1, 0.15) is 138 Å². The maximum absolute atomic E-state index is 13.4. The van der Waals surface area contributed by atoms with E-state index in [1.54, 1.807) is 19.1 Å². The minimum Gasteiger partial charge on any atom is -0.458 e. The molecule has 1 unspecified atom stereocenters. The fourth-order valence-corrected chi connectivity index (χ4v) is 9.75. The third kappa shape index (κ3) is 6.25. The van der Waals surface area contributed by atoms with E-state index < -0.39 is 64.8 Å². The van der Waals surface area contributed by atoms with E-state index in [4.69, 9.17) is 9.47 Å². The zero-order valence-corrected chi connectivity index (χ0v) is 29.4. The molecule has 9 atom stereocenters. The highest BCUT2D eigenvalue weighted by Gasteiger charge is 2.83. The molecule has 0 aromatic rings. The lowest BCUT2D eigenvalue weighted by Crippen LogP contribution is -2.67. The van der Waals surface area contributed by atoms with E-state index in [0.717, 1.165) is 32.1 Å². The highest BCUT2D eigenvalue weighted by atomic mass is 16.6. The van der Waals surface area contributed by atoms with E-state index in [0.29, 0.717) is 24.8 Å². The second kappa shape index (κ2) is 14.8. The summed E-state index contributed by atoms with van der Waals surface area (Å²) in [5, 5.41) is 47.4. The van der Waals surface area contributed by atoms with Crippen LogP contribution in [0.4, 0.5) is 0 Å². The molecule has 2 bridgehead atoms. The second-order valence-electron chi connectivity index (χ2n) is 15.5. The van der Waals surface area contributed by atoms with E-state index in [1.807, 2.05) is 13.8 Å². The number of carbonyl (C=O) groups excluding carboxylic acids is 2. The third-order valence-electron chi connectivity index (χ3n) is 12.3. The minimum atomic E-state index is -2.12. The molecule has 4 rings (SSSR count). The molecule has 0 amide bonds. The van der Waals surface area contributed by atoms with Crippen LogP contribution in [0.2, 0.25) is 0 Å². The van der Waals surface area contributed by atoms with Crippen LogP contribution in [-0.4, -0.2) is 68.5 Å². The fourth-order valence-electron chi connectivity index (χ4n) is 9.75. The number of hydrogen-bond donors (Lipinski definition) is 4. The number of hydrogen-bond acceptors (Lipinski definition) is 8. The average molecular weight is 647 g/mol. The zero-order chi connectivity index (χ0) is 33.9. The van der Waals surface area contributed by atoms with Crippen LogP contribution in [0.15, 0.2) is 23.3 Å². The Morgan fingerprint density at radius 2 is 1.43 bits per heavy atom. The molecule has 0 aliphatic heterocycles. The van der Waals surface area contributed by atoms with E-state index in [1.165, 1.54) is 38.5 Å². The number of aliphatic hydroxyl groups excluding tert-OH is 3. The lowest BCUT2D eigenvalue weighted by atomic mass is 9.58. The van der Waals surface area contributed by atoms with E-state index >= 15 is 0 Å². The number of carbonyl (C=O) groups is 2. The molecule has 0 heterocycles. The molecule has 8 heteroatoms. The van der Waals surface area contributed by atoms with Gasteiger partial charge in [-0.1, -0.05) is 111 Å². The first-order chi connectivity index (χ1) is 21.8. The third-order valence-corrected chi connectivity index (χ3v) is 12.3. The highest BCUT2D eigenvalue weighted by Crippen LogP contribution is 2.76. The average Bonchev–Trinajstić information content (AvgIpc) is 3.41. The standard InChI is InChI=1S/C38H62O8/c1-7-9-11-12-13-14-15-16-18-20-30(41)46-37-23-26(4)36-22-25(3)34(45-29(40)19-17-10-8-2)38(36,44)32(42)27(24-39)21-28(33(36)43)31(37)35(37,5)6/h21-22,26,28,31-34,39,42-44H,7-20,23-24H2,1-6H3/t26-,28+,31-,32-,33?,34+,36+,37+,38+/m1/s1. The Morgan fingerprint density at radius 1 is 0.891 bits per heavy atom. The van der Waals surface area contributed by atoms with E-state index in [2.05, 4.69) is 20.8 Å². The maximum Gasteiger partial charge on any atom is 0.306 e. The van der Waals surface area contributed by atoms with Gasteiger partial charge in [0.05, 0.1) is 18.1 Å². The van der Waals surface area contributed by atoms with Crippen molar-refractivity contribution in [3.05, 3.63) is 23.3 Å². The van der Waals surface area contributed by atoms with Crippen LogP contribution in [-0.2, 0) is 19.1 Å². The quantitative estimate of drug-likeness (QED) is 0.0819. The molecule has 262 valence electrons. The molecule has 0 aromatic carbocycles. The summed E-state index contributed by atoms with van der Waals surface area (Å²) in [5.41, 5.74) is -4.16. The molecule has 4 aliphatic rings. The maximum atomic E-state index is 13.4. The molecule has 46 heavy (non-hydrogen) atoms. The largest absolute Gasteiger partial charge is 0.458 e. The van der Waals surface area contributed by atoms with Crippen LogP contribution in [0.5, 0.6) is 0 Å². The highest BCUT2D eigenvalue weighted by molar-refractivity contribution is 5.71. The van der Waals surface area contributed by atoms with Crippen molar-refractivity contribution in [1.29, 1.82) is 0 Å². The first-order valence-electron chi connectivity index (χ1n) is 18.3. The molecule has 2 fully saturated rings. The van der Waals surface area contributed by atoms with Gasteiger partial charge < -0.3 is 29.9 Å². The van der Waals surface area contributed by atoms with Gasteiger partial charge in [-0.25, -0.2) is 0 Å². The number of fused-ring (bicyclic) bond motifs is 3. The van der Waals surface area contributed by atoms with E-state index in [9.17, 15) is 30.0 Å². The Kier molecular flexibility index (Phi) is 11.9. The Morgan fingerprint density at radius 3 is 2.04 bits per heavy atom. The predicted molar refractivity (Wildman–Crippen MR) is 178 cm³/mol. The number of aliphatic hydroxyl groups is 4. The number of unbranched alkanes of at least 4 members (excludes halogenated alkanes) is 10. The molecular weight excluding hydrogens is 584 g/mol. The molecule has 0 radical (unpaired) electrons. The van der Waals surface area contributed by atoms with Gasteiger partial charge in [-0.2, -0.15) is 0 Å². The lowest BCUT2D eigenvalue weighted by Gasteiger charge is -2.52. The van der Waals surface area contributed by atoms with Gasteiger partial charge in [0, 0.05) is 30.1 Å². The Labute approximate surface area is 277 Å². The summed E-state index contributed by atoms with van der Waals surface area (Å²) in [7, 11) is 0. The fraction of sp³-hybridized carbons (Fsp3) is 0.842. The van der Waals surface area contributed by atoms with Crippen LogP contribution < -0.4 is 0 Å². The van der Waals surface area contributed by atoms with Crippen LogP contribution in [0.25, 0.3) is 0 Å². The Balaban J connectivity index is 1.57. The summed E-state index contributed by atoms with van der Waals surface area (Å²) in [4.78, 5) is 26.4. The Bertz CT molecular complexity index is 1140. The van der Waals surface area contributed by atoms with Crippen molar-refractivity contribution in [3.8, 4) is 0 Å². The summed E-state index contributed by atoms with van der Waals surface area (Å²) < 4.78 is 12.4. The van der Waals surface area contributed by atoms with Gasteiger partial charge in [0.1, 0.15) is 17.3 Å². The van der Waals surface area contributed by atoms with E-state index in [-0.39, 0.29) is 23.9 Å². The zero-order valence-electron chi connectivity index (χ0n) is 29.4. The van der Waals surface area contributed by atoms with Crippen molar-refractivity contribution in [2.45, 2.75) is 167 Å². The molecule has 0 aromatic heterocycles. The SMILES string of the molecule is CCCCCCCCCCCC(=O)O[C@@]12C[C@@H](C)[C@]34C=C(C)[C@H](OC(=O)CCCCC)[C@@]3(O)[C@H](O)C(CO)=C[C@H](C4O)[C@@H]1C2(C)C. The van der Waals surface area contributed by atoms with Crippen molar-refractivity contribution in [1.82, 2.24) is 0 Å². The predicted octanol–water partition coefficient (Wildman–Crippen LogP) is 6.32. The molecule has 4 N–H and O–H groups in total. The van der Waals surface area contributed by atoms with Gasteiger partial charge in [0.25, 0.3) is 0 Å². The van der Waals surface area contributed by atoms with Gasteiger partial charge >= 0.3 is 11.9 Å². The number of ether oxygens (including phenoxy) is 2. The summed E-state index contributed by atoms with van der Waals surface area (Å²) in [6, 6.07) is 0. The van der Waals surface area contributed by atoms with Crippen molar-refractivity contribution in [2.24, 2.45) is 28.6 Å². The second-order valence-corrected chi connectivity index (χ2v) is 15.5. The topological polar surface area (TPSA) is 134 Å². The van der Waals surface area contributed by atoms with Gasteiger partial charge in [0.2, 0.25) is 0 Å². The van der Waals surface area contributed by atoms with Crippen molar-refractivity contribution < 1.29 is 39.5 Å². The minimum absolute atomic E-state index is 0.176. The summed E-state index contributed by atoms with van der Waals surface area (Å²) in [6.45, 7) is 11.5. The first kappa shape index (κ1) is 37.1. The van der Waals surface area contributed by atoms with Gasteiger partial charge in [-0.05, 0) is 43.3 Å². The van der Waals surface area contributed by atoms with Crippen molar-refractivity contribution in [2.75, 3.05) is 6.61 Å². The molecule has 4 aliphatic carbocycles. The molecule has 2 saturated carbocycles. The summed E-state index contributed by atoms with van der Waals surface area (Å²) >= 11 is 0. The number of rotatable bonds is 17. The summed E-state index contributed by atoms with van der Waals surface area (Å²) in [5.74, 6) is -2.09. The first-order valence-corrected chi connectivity index (χ1v) is 18.3. The van der Waals surface area contributed by atoms with Crippen LogP contribution in [0, 0.1) is 28.6 Å². The molecule has 0 saturated heterocycles. The lowest BCUT2D eigenvalue weighted by molar-refractivity contribution is -0.225. The molecular formula is C38H62O8. The van der Waals surface area contributed by atoms with Crippen molar-refractivity contribution >= 4 is 11.9 Å². The molecule has 8 nitrogen and oxygen atoms in total. The van der Waals surface area contributed by atoms with Crippen molar-refractivity contribution in [3.63, 3.8) is 0 Å². The Hall–Kier alpha value is -1.74. The van der Waals surface area contributed by atoms with Crippen LogP contribution >= 0.6 is 0 Å². The van der Waals surface area contributed by atoms with Crippen LogP contribution in [0.3, 0.4) is 0 Å². The summed E-state index contributed by atoms with van der Waals surface area (Å²) in [6.07, 6.45) is 13.3. The monoisotopic (exact) mass is 646 g/mol. The van der Waals surface area contributed by atoms with Gasteiger partial charge in [-0.15, -0.1) is 0 Å².